The van der Waals surface area contributed by atoms with Crippen molar-refractivity contribution in [1.29, 1.82) is 0 Å². The third-order valence-electron chi connectivity index (χ3n) is 4.46. The zero-order valence-corrected chi connectivity index (χ0v) is 19.1. The van der Waals surface area contributed by atoms with Gasteiger partial charge in [0.25, 0.3) is 0 Å². The molecule has 0 aliphatic rings. The van der Waals surface area contributed by atoms with Crippen LogP contribution in [0.5, 0.6) is 0 Å². The first-order valence-electron chi connectivity index (χ1n) is 9.86. The Balaban J connectivity index is 2.02. The quantitative estimate of drug-likeness (QED) is 0.466. The lowest BCUT2D eigenvalue weighted by Gasteiger charge is -2.17. The third-order valence-corrected chi connectivity index (χ3v) is 5.33. The standard InChI is InChI=1S/C22H23F3N6OS/c1-5-14(12-31(3)4)15-7-6-8-16(9-15)19-26-10-17(21-30-29-13(2)33-21)20(28-19)27-11-18(32)22(23,24)25/h5-10,12,18,32H,1,11H2,2-4H3,(H,26,27,28)/b14-12+. The minimum absolute atomic E-state index is 0.123. The van der Waals surface area contributed by atoms with Crippen LogP contribution < -0.4 is 5.32 Å². The average Bonchev–Trinajstić information content (AvgIpc) is 3.20. The fourth-order valence-corrected chi connectivity index (χ4v) is 3.59. The molecule has 0 saturated carbocycles. The van der Waals surface area contributed by atoms with E-state index in [0.717, 1.165) is 11.1 Å². The van der Waals surface area contributed by atoms with E-state index < -0.39 is 18.8 Å². The number of hydrogen-bond donors (Lipinski definition) is 2. The number of halogens is 3. The topological polar surface area (TPSA) is 87.1 Å². The smallest absolute Gasteiger partial charge is 0.383 e. The van der Waals surface area contributed by atoms with Crippen molar-refractivity contribution in [2.45, 2.75) is 19.2 Å². The molecule has 0 radical (unpaired) electrons. The molecule has 0 aliphatic heterocycles. The Labute approximate surface area is 193 Å². The summed E-state index contributed by atoms with van der Waals surface area (Å²) < 4.78 is 38.4. The minimum atomic E-state index is -4.75. The zero-order chi connectivity index (χ0) is 24.2. The van der Waals surface area contributed by atoms with E-state index in [1.165, 1.54) is 17.5 Å². The maximum atomic E-state index is 12.8. The van der Waals surface area contributed by atoms with Gasteiger partial charge in [-0.25, -0.2) is 9.97 Å². The van der Waals surface area contributed by atoms with E-state index in [2.05, 4.69) is 32.1 Å². The van der Waals surface area contributed by atoms with Crippen LogP contribution in [0, 0.1) is 6.92 Å². The van der Waals surface area contributed by atoms with Crippen molar-refractivity contribution in [1.82, 2.24) is 25.1 Å². The van der Waals surface area contributed by atoms with Gasteiger partial charge in [-0.2, -0.15) is 13.2 Å². The van der Waals surface area contributed by atoms with Crippen LogP contribution in [0.15, 0.2) is 49.3 Å². The van der Waals surface area contributed by atoms with Crippen molar-refractivity contribution in [3.63, 3.8) is 0 Å². The van der Waals surface area contributed by atoms with Crippen molar-refractivity contribution < 1.29 is 18.3 Å². The van der Waals surface area contributed by atoms with Crippen molar-refractivity contribution >= 4 is 22.7 Å². The van der Waals surface area contributed by atoms with Gasteiger partial charge in [0.15, 0.2) is 16.9 Å². The molecule has 174 valence electrons. The highest BCUT2D eigenvalue weighted by Crippen LogP contribution is 2.31. The summed E-state index contributed by atoms with van der Waals surface area (Å²) in [6, 6.07) is 7.43. The Morgan fingerprint density at radius 3 is 2.67 bits per heavy atom. The molecule has 3 aromatic rings. The Kier molecular flexibility index (Phi) is 7.44. The third kappa shape index (κ3) is 6.14. The van der Waals surface area contributed by atoms with Crippen LogP contribution in [-0.2, 0) is 0 Å². The number of rotatable bonds is 8. The molecule has 0 spiro atoms. The van der Waals surface area contributed by atoms with E-state index in [4.69, 9.17) is 0 Å². The van der Waals surface area contributed by atoms with Crippen molar-refractivity contribution in [3.8, 4) is 22.0 Å². The van der Waals surface area contributed by atoms with Crippen LogP contribution >= 0.6 is 11.3 Å². The van der Waals surface area contributed by atoms with Crippen LogP contribution in [0.3, 0.4) is 0 Å². The highest BCUT2D eigenvalue weighted by Gasteiger charge is 2.38. The van der Waals surface area contributed by atoms with Crippen molar-refractivity contribution in [2.75, 3.05) is 26.0 Å². The fraction of sp³-hybridized carbons (Fsp3) is 0.273. The number of aliphatic hydroxyl groups is 1. The van der Waals surface area contributed by atoms with Crippen LogP contribution in [0.25, 0.3) is 27.5 Å². The number of allylic oxidation sites excluding steroid dienone is 2. The lowest BCUT2D eigenvalue weighted by Crippen LogP contribution is -2.35. The van der Waals surface area contributed by atoms with Gasteiger partial charge in [0.2, 0.25) is 0 Å². The predicted molar refractivity (Wildman–Crippen MR) is 124 cm³/mol. The number of nitrogens with zero attached hydrogens (tertiary/aromatic N) is 5. The second kappa shape index (κ2) is 10.1. The van der Waals surface area contributed by atoms with Gasteiger partial charge in [0, 0.05) is 32.1 Å². The molecule has 1 atom stereocenters. The molecule has 0 fully saturated rings. The number of anilines is 1. The second-order valence-electron chi connectivity index (χ2n) is 7.35. The number of aromatic nitrogens is 4. The summed E-state index contributed by atoms with van der Waals surface area (Å²) in [5.41, 5.74) is 2.83. The van der Waals surface area contributed by atoms with Crippen molar-refractivity contribution in [3.05, 3.63) is 59.9 Å². The maximum absolute atomic E-state index is 12.8. The van der Waals surface area contributed by atoms with Gasteiger partial charge in [-0.05, 0) is 24.1 Å². The second-order valence-corrected chi connectivity index (χ2v) is 8.54. The molecule has 33 heavy (non-hydrogen) atoms. The first kappa shape index (κ1) is 24.3. The largest absolute Gasteiger partial charge is 0.416 e. The summed E-state index contributed by atoms with van der Waals surface area (Å²) in [4.78, 5) is 10.8. The molecule has 0 saturated heterocycles. The minimum Gasteiger partial charge on any atom is -0.383 e. The number of alkyl halides is 3. The number of aliphatic hydroxyl groups excluding tert-OH is 1. The van der Waals surface area contributed by atoms with Gasteiger partial charge in [-0.15, -0.1) is 10.2 Å². The summed E-state index contributed by atoms with van der Waals surface area (Å²) in [5, 5.41) is 21.2. The first-order chi connectivity index (χ1) is 15.6. The fourth-order valence-electron chi connectivity index (χ4n) is 2.89. The highest BCUT2D eigenvalue weighted by molar-refractivity contribution is 7.14. The lowest BCUT2D eigenvalue weighted by molar-refractivity contribution is -0.198. The summed E-state index contributed by atoms with van der Waals surface area (Å²) in [6.45, 7) is 4.85. The molecule has 11 heteroatoms. The Bertz CT molecular complexity index is 1160. The molecule has 3 rings (SSSR count). The summed E-state index contributed by atoms with van der Waals surface area (Å²) >= 11 is 1.26. The number of hydrogen-bond acceptors (Lipinski definition) is 8. The van der Waals surface area contributed by atoms with E-state index in [0.29, 0.717) is 27.0 Å². The van der Waals surface area contributed by atoms with E-state index in [1.807, 2.05) is 43.4 Å². The molecule has 0 bridgehead atoms. The van der Waals surface area contributed by atoms with Gasteiger partial charge in [0.05, 0.1) is 12.1 Å². The molecule has 0 aliphatic carbocycles. The van der Waals surface area contributed by atoms with Crippen LogP contribution in [-0.4, -0.2) is 63.1 Å². The van der Waals surface area contributed by atoms with Gasteiger partial charge in [0.1, 0.15) is 10.8 Å². The Hall–Kier alpha value is -3.31. The van der Waals surface area contributed by atoms with Gasteiger partial charge in [-0.1, -0.05) is 42.2 Å². The maximum Gasteiger partial charge on any atom is 0.416 e. The molecule has 2 N–H and O–H groups in total. The summed E-state index contributed by atoms with van der Waals surface area (Å²) in [6.07, 6.45) is -2.17. The van der Waals surface area contributed by atoms with Crippen LogP contribution in [0.2, 0.25) is 0 Å². The molecule has 1 aromatic carbocycles. The van der Waals surface area contributed by atoms with Crippen LogP contribution in [0.1, 0.15) is 10.6 Å². The van der Waals surface area contributed by atoms with Gasteiger partial charge in [-0.3, -0.25) is 0 Å². The molecular formula is C22H23F3N6OS. The first-order valence-corrected chi connectivity index (χ1v) is 10.7. The Morgan fingerprint density at radius 2 is 2.06 bits per heavy atom. The molecule has 2 aromatic heterocycles. The number of nitrogens with one attached hydrogen (secondary N) is 1. The van der Waals surface area contributed by atoms with E-state index in [-0.39, 0.29) is 5.82 Å². The van der Waals surface area contributed by atoms with Crippen molar-refractivity contribution in [2.24, 2.45) is 0 Å². The molecule has 1 unspecified atom stereocenters. The molecular weight excluding hydrogens is 453 g/mol. The molecule has 7 nitrogen and oxygen atoms in total. The number of benzene rings is 1. The van der Waals surface area contributed by atoms with E-state index in [9.17, 15) is 18.3 Å². The lowest BCUT2D eigenvalue weighted by atomic mass is 10.0. The van der Waals surface area contributed by atoms with E-state index >= 15 is 0 Å². The molecule has 2 heterocycles. The normalized spacial score (nSPS) is 13.0. The SMILES string of the molecule is C=C/C(=C\N(C)C)c1cccc(-c2ncc(-c3nnc(C)s3)c(NCC(O)C(F)(F)F)n2)c1. The van der Waals surface area contributed by atoms with E-state index in [1.54, 1.807) is 19.1 Å². The van der Waals surface area contributed by atoms with Crippen LogP contribution in [0.4, 0.5) is 19.0 Å². The monoisotopic (exact) mass is 476 g/mol. The zero-order valence-electron chi connectivity index (χ0n) is 18.3. The summed E-state index contributed by atoms with van der Waals surface area (Å²) in [7, 11) is 3.80. The molecule has 0 amide bonds. The van der Waals surface area contributed by atoms with Gasteiger partial charge < -0.3 is 15.3 Å². The Morgan fingerprint density at radius 1 is 1.30 bits per heavy atom. The highest BCUT2D eigenvalue weighted by atomic mass is 32.1. The number of aryl methyl sites for hydroxylation is 1. The predicted octanol–water partition coefficient (Wildman–Crippen LogP) is 4.39. The summed E-state index contributed by atoms with van der Waals surface area (Å²) in [5.74, 6) is 0.428. The van der Waals surface area contributed by atoms with Gasteiger partial charge >= 0.3 is 6.18 Å². The average molecular weight is 477 g/mol.